The number of nitrogens with one attached hydrogen (secondary N) is 1. The van der Waals surface area contributed by atoms with Crippen LogP contribution in [0.1, 0.15) is 27.0 Å². The van der Waals surface area contributed by atoms with Gasteiger partial charge in [0.25, 0.3) is 5.91 Å². The van der Waals surface area contributed by atoms with Crippen molar-refractivity contribution in [2.45, 2.75) is 20.3 Å². The molecule has 5 heteroatoms. The van der Waals surface area contributed by atoms with E-state index in [0.717, 1.165) is 11.1 Å². The Kier molecular flexibility index (Phi) is 6.07. The van der Waals surface area contributed by atoms with Gasteiger partial charge in [-0.1, -0.05) is 30.3 Å². The second kappa shape index (κ2) is 8.24. The average molecular weight is 329 g/mol. The minimum atomic E-state index is -0.527. The zero-order chi connectivity index (χ0) is 17.5. The zero-order valence-corrected chi connectivity index (χ0v) is 13.8. The molecule has 2 aromatic carbocycles. The van der Waals surface area contributed by atoms with Crippen molar-refractivity contribution in [3.63, 3.8) is 0 Å². The third-order valence-corrected chi connectivity index (χ3v) is 3.83. The second-order valence-electron chi connectivity index (χ2n) is 5.51. The first kappa shape index (κ1) is 17.7. The number of amides is 1. The number of benzene rings is 2. The van der Waals surface area contributed by atoms with E-state index in [4.69, 9.17) is 4.74 Å². The molecule has 0 aliphatic rings. The zero-order valence-electron chi connectivity index (χ0n) is 13.8. The number of hydrogen-bond donors (Lipinski definition) is 1. The van der Waals surface area contributed by atoms with Crippen molar-refractivity contribution in [2.24, 2.45) is 0 Å². The van der Waals surface area contributed by atoms with Crippen LogP contribution >= 0.6 is 0 Å². The number of carbonyl (C=O) groups excluding carboxylic acids is 2. The van der Waals surface area contributed by atoms with Gasteiger partial charge in [-0.3, -0.25) is 4.79 Å². The quantitative estimate of drug-likeness (QED) is 0.829. The lowest BCUT2D eigenvalue weighted by Crippen LogP contribution is -2.30. The lowest BCUT2D eigenvalue weighted by Gasteiger charge is -2.09. The number of aryl methyl sites for hydroxylation is 1. The topological polar surface area (TPSA) is 55.4 Å². The summed E-state index contributed by atoms with van der Waals surface area (Å²) in [5.74, 6) is -1.24. The molecule has 0 fully saturated rings. The van der Waals surface area contributed by atoms with Gasteiger partial charge in [0.05, 0.1) is 5.56 Å². The Morgan fingerprint density at radius 3 is 2.58 bits per heavy atom. The standard InChI is InChI=1S/C19H20FNO3/c1-13-6-5-8-16(14(13)2)19(23)24-12-18(22)21-11-10-15-7-3-4-9-17(15)20/h3-9H,10-12H2,1-2H3,(H,21,22). The van der Waals surface area contributed by atoms with Crippen LogP contribution in [-0.4, -0.2) is 25.0 Å². The molecule has 0 aliphatic carbocycles. The van der Waals surface area contributed by atoms with Crippen LogP contribution < -0.4 is 5.32 Å². The van der Waals surface area contributed by atoms with E-state index in [1.165, 1.54) is 6.07 Å². The maximum Gasteiger partial charge on any atom is 0.338 e. The smallest absolute Gasteiger partial charge is 0.338 e. The molecule has 0 aromatic heterocycles. The minimum absolute atomic E-state index is 0.279. The summed E-state index contributed by atoms with van der Waals surface area (Å²) in [5, 5.41) is 2.61. The minimum Gasteiger partial charge on any atom is -0.452 e. The van der Waals surface area contributed by atoms with E-state index < -0.39 is 11.9 Å². The first-order valence-corrected chi connectivity index (χ1v) is 7.72. The molecule has 24 heavy (non-hydrogen) atoms. The fraction of sp³-hybridized carbons (Fsp3) is 0.263. The van der Waals surface area contributed by atoms with Crippen molar-refractivity contribution in [3.8, 4) is 0 Å². The van der Waals surface area contributed by atoms with Crippen molar-refractivity contribution in [1.82, 2.24) is 5.32 Å². The summed E-state index contributed by atoms with van der Waals surface area (Å²) in [5.41, 5.74) is 2.81. The van der Waals surface area contributed by atoms with Gasteiger partial charge in [0.15, 0.2) is 6.61 Å². The van der Waals surface area contributed by atoms with E-state index in [1.807, 2.05) is 19.9 Å². The number of halogens is 1. The summed E-state index contributed by atoms with van der Waals surface area (Å²) < 4.78 is 18.5. The van der Waals surface area contributed by atoms with E-state index in [-0.39, 0.29) is 19.0 Å². The Labute approximate surface area is 140 Å². The monoisotopic (exact) mass is 329 g/mol. The largest absolute Gasteiger partial charge is 0.452 e. The van der Waals surface area contributed by atoms with Gasteiger partial charge in [0, 0.05) is 6.54 Å². The van der Waals surface area contributed by atoms with E-state index in [1.54, 1.807) is 30.3 Å². The molecule has 0 spiro atoms. The van der Waals surface area contributed by atoms with Crippen molar-refractivity contribution in [1.29, 1.82) is 0 Å². The third-order valence-electron chi connectivity index (χ3n) is 3.83. The molecule has 0 radical (unpaired) electrons. The molecular weight excluding hydrogens is 309 g/mol. The highest BCUT2D eigenvalue weighted by Crippen LogP contribution is 2.13. The lowest BCUT2D eigenvalue weighted by molar-refractivity contribution is -0.124. The van der Waals surface area contributed by atoms with Crippen molar-refractivity contribution in [3.05, 3.63) is 70.5 Å². The van der Waals surface area contributed by atoms with Crippen LogP contribution in [0, 0.1) is 19.7 Å². The third kappa shape index (κ3) is 4.65. The molecule has 0 aliphatic heterocycles. The molecule has 2 rings (SSSR count). The van der Waals surface area contributed by atoms with E-state index in [2.05, 4.69) is 5.32 Å². The Balaban J connectivity index is 1.78. The fourth-order valence-electron chi connectivity index (χ4n) is 2.27. The molecule has 0 unspecified atom stereocenters. The average Bonchev–Trinajstić information content (AvgIpc) is 2.57. The molecule has 1 amide bonds. The number of carbonyl (C=O) groups is 2. The highest BCUT2D eigenvalue weighted by Gasteiger charge is 2.13. The van der Waals surface area contributed by atoms with Crippen LogP contribution in [0.15, 0.2) is 42.5 Å². The molecule has 126 valence electrons. The maximum atomic E-state index is 13.4. The Bertz CT molecular complexity index is 743. The molecule has 1 N–H and O–H groups in total. The molecule has 0 saturated carbocycles. The van der Waals surface area contributed by atoms with Gasteiger partial charge in [-0.15, -0.1) is 0 Å². The summed E-state index contributed by atoms with van der Waals surface area (Å²) in [6, 6.07) is 11.7. The second-order valence-corrected chi connectivity index (χ2v) is 5.51. The van der Waals surface area contributed by atoms with Crippen molar-refractivity contribution in [2.75, 3.05) is 13.2 Å². The summed E-state index contributed by atoms with van der Waals surface area (Å²) in [4.78, 5) is 23.7. The lowest BCUT2D eigenvalue weighted by atomic mass is 10.0. The number of ether oxygens (including phenoxy) is 1. The van der Waals surface area contributed by atoms with Gasteiger partial charge < -0.3 is 10.1 Å². The highest BCUT2D eigenvalue weighted by atomic mass is 19.1. The van der Waals surface area contributed by atoms with Gasteiger partial charge in [0.2, 0.25) is 0 Å². The molecular formula is C19H20FNO3. The van der Waals surface area contributed by atoms with Crippen LogP contribution in [0.4, 0.5) is 4.39 Å². The SMILES string of the molecule is Cc1cccc(C(=O)OCC(=O)NCCc2ccccc2F)c1C. The van der Waals surface area contributed by atoms with Gasteiger partial charge in [0.1, 0.15) is 5.82 Å². The Morgan fingerprint density at radius 1 is 1.08 bits per heavy atom. The van der Waals surface area contributed by atoms with E-state index in [0.29, 0.717) is 17.5 Å². The Hall–Kier alpha value is -2.69. The van der Waals surface area contributed by atoms with Crippen molar-refractivity contribution < 1.29 is 18.7 Å². The van der Waals surface area contributed by atoms with Gasteiger partial charge >= 0.3 is 5.97 Å². The van der Waals surface area contributed by atoms with E-state index >= 15 is 0 Å². The van der Waals surface area contributed by atoms with Gasteiger partial charge in [-0.2, -0.15) is 0 Å². The normalized spacial score (nSPS) is 10.3. The first-order chi connectivity index (χ1) is 11.5. The van der Waals surface area contributed by atoms with Crippen LogP contribution in [0.2, 0.25) is 0 Å². The van der Waals surface area contributed by atoms with Crippen LogP contribution in [0.5, 0.6) is 0 Å². The van der Waals surface area contributed by atoms with Crippen LogP contribution in [0.25, 0.3) is 0 Å². The molecule has 0 bridgehead atoms. The van der Waals surface area contributed by atoms with Crippen LogP contribution in [0.3, 0.4) is 0 Å². The summed E-state index contributed by atoms with van der Waals surface area (Å²) in [6.45, 7) is 3.66. The fourth-order valence-corrected chi connectivity index (χ4v) is 2.27. The number of esters is 1. The molecule has 4 nitrogen and oxygen atoms in total. The molecule has 0 atom stereocenters. The number of hydrogen-bond acceptors (Lipinski definition) is 3. The predicted molar refractivity (Wildman–Crippen MR) is 89.3 cm³/mol. The molecule has 2 aromatic rings. The molecule has 0 saturated heterocycles. The van der Waals surface area contributed by atoms with Crippen LogP contribution in [-0.2, 0) is 16.0 Å². The maximum absolute atomic E-state index is 13.4. The summed E-state index contributed by atoms with van der Waals surface area (Å²) in [6.07, 6.45) is 0.378. The van der Waals surface area contributed by atoms with Gasteiger partial charge in [-0.05, 0) is 49.1 Å². The number of rotatable bonds is 6. The molecule has 0 heterocycles. The highest BCUT2D eigenvalue weighted by molar-refractivity contribution is 5.93. The Morgan fingerprint density at radius 2 is 1.83 bits per heavy atom. The summed E-state index contributed by atoms with van der Waals surface area (Å²) >= 11 is 0. The van der Waals surface area contributed by atoms with E-state index in [9.17, 15) is 14.0 Å². The summed E-state index contributed by atoms with van der Waals surface area (Å²) in [7, 11) is 0. The van der Waals surface area contributed by atoms with Crippen molar-refractivity contribution >= 4 is 11.9 Å². The first-order valence-electron chi connectivity index (χ1n) is 7.72. The predicted octanol–water partition coefficient (Wildman–Crippen LogP) is 2.96. The van der Waals surface area contributed by atoms with Gasteiger partial charge in [-0.25, -0.2) is 9.18 Å².